The monoisotopic (exact) mass is 414 g/mol. The van der Waals surface area contributed by atoms with Gasteiger partial charge in [0.25, 0.3) is 0 Å². The molecular weight excluding hydrogens is 398 g/mol. The first-order chi connectivity index (χ1) is 13.2. The summed E-state index contributed by atoms with van der Waals surface area (Å²) in [7, 11) is -5.71. The highest BCUT2D eigenvalue weighted by Gasteiger charge is 2.50. The lowest BCUT2D eigenvalue weighted by Crippen LogP contribution is -2.38. The van der Waals surface area contributed by atoms with Crippen LogP contribution in [0.1, 0.15) is 11.1 Å². The molecule has 0 amide bonds. The van der Waals surface area contributed by atoms with Gasteiger partial charge in [0.15, 0.2) is 12.7 Å². The first kappa shape index (κ1) is 20.3. The van der Waals surface area contributed by atoms with Gasteiger partial charge in [0, 0.05) is 11.1 Å². The molecule has 1 aliphatic rings. The van der Waals surface area contributed by atoms with E-state index in [0.29, 0.717) is 11.1 Å². The van der Waals surface area contributed by atoms with Crippen LogP contribution in [-0.2, 0) is 34.9 Å². The minimum absolute atomic E-state index is 0.305. The number of ether oxygens (including phenoxy) is 3. The summed E-state index contributed by atoms with van der Waals surface area (Å²) in [6.45, 7) is -2.14. The highest BCUT2D eigenvalue weighted by Crippen LogP contribution is 2.40. The average molecular weight is 414 g/mol. The largest absolute Gasteiger partial charge is 0.456 e. The fraction of sp³-hybridized carbons (Fsp3) is 0.278. The van der Waals surface area contributed by atoms with Crippen LogP contribution in [0.25, 0.3) is 0 Å². The minimum Gasteiger partial charge on any atom is -0.456 e. The van der Waals surface area contributed by atoms with Crippen LogP contribution >= 0.6 is 0 Å². The zero-order valence-corrected chi connectivity index (χ0v) is 15.1. The second-order valence-corrected chi connectivity index (χ2v) is 7.53. The van der Waals surface area contributed by atoms with Crippen LogP contribution in [0, 0.1) is 0 Å². The van der Waals surface area contributed by atoms with E-state index in [4.69, 9.17) is 14.0 Å². The number of esters is 1. The molecule has 10 heteroatoms. The number of alkyl halides is 2. The molecule has 0 saturated carbocycles. The zero-order chi connectivity index (χ0) is 20.4. The predicted molar refractivity (Wildman–Crippen MR) is 91.9 cm³/mol. The van der Waals surface area contributed by atoms with Gasteiger partial charge >= 0.3 is 21.3 Å². The molecule has 0 bridgehead atoms. The van der Waals surface area contributed by atoms with Crippen molar-refractivity contribution in [2.75, 3.05) is 13.2 Å². The van der Waals surface area contributed by atoms with Crippen LogP contribution in [0.4, 0.5) is 8.78 Å². The zero-order valence-electron chi connectivity index (χ0n) is 14.3. The van der Waals surface area contributed by atoms with E-state index in [1.165, 1.54) is 0 Å². The van der Waals surface area contributed by atoms with Gasteiger partial charge < -0.3 is 14.2 Å². The molecule has 2 aromatic rings. The summed E-state index contributed by atoms with van der Waals surface area (Å²) in [4.78, 5) is 12.1. The third-order valence-corrected chi connectivity index (χ3v) is 4.95. The molecule has 0 radical (unpaired) electrons. The molecular formula is C18H16F2O7S. The summed E-state index contributed by atoms with van der Waals surface area (Å²) in [6, 6.07) is 17.4. The Hall–Kier alpha value is -2.40. The van der Waals surface area contributed by atoms with E-state index in [2.05, 4.69) is 4.74 Å². The molecule has 1 atom stereocenters. The van der Waals surface area contributed by atoms with Crippen molar-refractivity contribution in [3.63, 3.8) is 0 Å². The van der Waals surface area contributed by atoms with Crippen LogP contribution in [0.3, 0.4) is 0 Å². The second kappa shape index (κ2) is 7.55. The third kappa shape index (κ3) is 3.90. The van der Waals surface area contributed by atoms with Crippen molar-refractivity contribution < 1.29 is 40.8 Å². The molecule has 7 nitrogen and oxygen atoms in total. The maximum atomic E-state index is 13.3. The smallest absolute Gasteiger partial charge is 0.402 e. The lowest BCUT2D eigenvalue weighted by atomic mass is 9.97. The van der Waals surface area contributed by atoms with Gasteiger partial charge in [-0.05, 0) is 0 Å². The summed E-state index contributed by atoms with van der Waals surface area (Å²) in [6.07, 6.45) is -1.38. The molecule has 1 N–H and O–H groups in total. The normalized spacial score (nSPS) is 19.3. The lowest BCUT2D eigenvalue weighted by Gasteiger charge is -2.28. The molecule has 3 rings (SSSR count). The molecule has 0 aliphatic carbocycles. The first-order valence-electron chi connectivity index (χ1n) is 8.10. The standard InChI is InChI=1S/C18H16F2O7S/c19-17(20,28(22,23)24)12-25-16(21)15-11-26-18(27-15,13-7-3-1-4-8-13)14-9-5-2-6-10-14/h1-10,15H,11-12H2,(H,22,23,24). The number of halogens is 2. The molecule has 28 heavy (non-hydrogen) atoms. The number of benzene rings is 2. The Morgan fingerprint density at radius 3 is 2.07 bits per heavy atom. The van der Waals surface area contributed by atoms with E-state index in [9.17, 15) is 22.0 Å². The Labute approximate surface area is 159 Å². The van der Waals surface area contributed by atoms with Crippen molar-refractivity contribution in [1.29, 1.82) is 0 Å². The number of hydrogen-bond donors (Lipinski definition) is 1. The maximum Gasteiger partial charge on any atom is 0.402 e. The van der Waals surface area contributed by atoms with Crippen LogP contribution in [-0.4, -0.2) is 43.5 Å². The topological polar surface area (TPSA) is 99.1 Å². The highest BCUT2D eigenvalue weighted by atomic mass is 32.2. The van der Waals surface area contributed by atoms with Crippen LogP contribution < -0.4 is 0 Å². The SMILES string of the molecule is O=C(OCC(F)(F)S(=O)(=O)O)C1COC(c2ccccc2)(c2ccccc2)O1. The molecule has 2 aromatic carbocycles. The number of hydrogen-bond acceptors (Lipinski definition) is 6. The second-order valence-electron chi connectivity index (χ2n) is 5.99. The lowest BCUT2D eigenvalue weighted by molar-refractivity contribution is -0.175. The van der Waals surface area contributed by atoms with E-state index in [0.717, 1.165) is 0 Å². The van der Waals surface area contributed by atoms with Crippen LogP contribution in [0.5, 0.6) is 0 Å². The van der Waals surface area contributed by atoms with E-state index in [1.807, 2.05) is 0 Å². The van der Waals surface area contributed by atoms with Crippen LogP contribution in [0.2, 0.25) is 0 Å². The average Bonchev–Trinajstić information content (AvgIpc) is 3.13. The van der Waals surface area contributed by atoms with E-state index in [-0.39, 0.29) is 6.61 Å². The van der Waals surface area contributed by atoms with Crippen molar-refractivity contribution in [2.24, 2.45) is 0 Å². The van der Waals surface area contributed by atoms with Crippen molar-refractivity contribution in [3.8, 4) is 0 Å². The molecule has 1 unspecified atom stereocenters. The van der Waals surface area contributed by atoms with Crippen molar-refractivity contribution in [1.82, 2.24) is 0 Å². The maximum absolute atomic E-state index is 13.3. The fourth-order valence-corrected chi connectivity index (χ4v) is 2.89. The van der Waals surface area contributed by atoms with Gasteiger partial charge in [0.2, 0.25) is 5.79 Å². The first-order valence-corrected chi connectivity index (χ1v) is 9.54. The summed E-state index contributed by atoms with van der Waals surface area (Å²) in [5.74, 6) is -2.70. The van der Waals surface area contributed by atoms with Gasteiger partial charge in [-0.25, -0.2) is 4.79 Å². The minimum atomic E-state index is -5.71. The van der Waals surface area contributed by atoms with Gasteiger partial charge in [-0.1, -0.05) is 60.7 Å². The van der Waals surface area contributed by atoms with Crippen molar-refractivity contribution in [2.45, 2.75) is 17.1 Å². The molecule has 1 aliphatic heterocycles. The van der Waals surface area contributed by atoms with Crippen LogP contribution in [0.15, 0.2) is 60.7 Å². The van der Waals surface area contributed by atoms with Gasteiger partial charge in [-0.3, -0.25) is 4.55 Å². The predicted octanol–water partition coefficient (Wildman–Crippen LogP) is 2.33. The fourth-order valence-electron chi connectivity index (χ4n) is 2.68. The number of carbonyl (C=O) groups is 1. The van der Waals surface area contributed by atoms with Gasteiger partial charge in [0.1, 0.15) is 0 Å². The Bertz CT molecular complexity index is 893. The van der Waals surface area contributed by atoms with Gasteiger partial charge in [0.05, 0.1) is 6.61 Å². The van der Waals surface area contributed by atoms with E-state index >= 15 is 0 Å². The molecule has 150 valence electrons. The Morgan fingerprint density at radius 1 is 1.11 bits per heavy atom. The van der Waals surface area contributed by atoms with Gasteiger partial charge in [-0.2, -0.15) is 17.2 Å². The Kier molecular flexibility index (Phi) is 5.48. The van der Waals surface area contributed by atoms with Crippen molar-refractivity contribution >= 4 is 16.1 Å². The molecule has 1 fully saturated rings. The molecule has 0 aromatic heterocycles. The van der Waals surface area contributed by atoms with E-state index < -0.39 is 39.8 Å². The molecule has 1 saturated heterocycles. The number of carbonyl (C=O) groups excluding carboxylic acids is 1. The summed E-state index contributed by atoms with van der Waals surface area (Å²) < 4.78 is 72.2. The summed E-state index contributed by atoms with van der Waals surface area (Å²) in [5, 5.41) is -4.63. The van der Waals surface area contributed by atoms with Gasteiger partial charge in [-0.15, -0.1) is 0 Å². The van der Waals surface area contributed by atoms with Crippen molar-refractivity contribution in [3.05, 3.63) is 71.8 Å². The Morgan fingerprint density at radius 2 is 1.61 bits per heavy atom. The summed E-state index contributed by atoms with van der Waals surface area (Å²) >= 11 is 0. The Balaban J connectivity index is 1.81. The molecule has 1 heterocycles. The third-order valence-electron chi connectivity index (χ3n) is 4.08. The number of rotatable bonds is 6. The molecule has 0 spiro atoms. The van der Waals surface area contributed by atoms with E-state index in [1.54, 1.807) is 60.7 Å². The summed E-state index contributed by atoms with van der Waals surface area (Å²) in [5.41, 5.74) is 1.14. The highest BCUT2D eigenvalue weighted by molar-refractivity contribution is 7.86. The quantitative estimate of drug-likeness (QED) is 0.572.